The molecule has 0 fully saturated rings. The first-order chi connectivity index (χ1) is 23.2. The average Bonchev–Trinajstić information content (AvgIpc) is 3.48. The van der Waals surface area contributed by atoms with Crippen molar-refractivity contribution in [3.63, 3.8) is 0 Å². The lowest BCUT2D eigenvalue weighted by molar-refractivity contribution is 0.0913. The van der Waals surface area contributed by atoms with Crippen LogP contribution in [0.25, 0.3) is 22.4 Å². The quantitative estimate of drug-likeness (QED) is 0.119. The predicted octanol–water partition coefficient (Wildman–Crippen LogP) is 14.8. The van der Waals surface area contributed by atoms with E-state index in [1.54, 1.807) is 25.3 Å². The maximum atomic E-state index is 13.9. The number of fused-ring (bicyclic) bond motifs is 1. The van der Waals surface area contributed by atoms with Crippen LogP contribution in [0.4, 0.5) is 4.39 Å². The Morgan fingerprint density at radius 1 is 1.00 bits per heavy atom. The molecule has 4 nitrogen and oxygen atoms in total. The van der Waals surface area contributed by atoms with Crippen LogP contribution < -0.4 is 0 Å². The fourth-order valence-corrected chi connectivity index (χ4v) is 4.89. The van der Waals surface area contributed by atoms with Gasteiger partial charge in [-0.15, -0.1) is 0 Å². The molecule has 2 heterocycles. The summed E-state index contributed by atoms with van der Waals surface area (Å²) in [4.78, 5) is 16.9. The lowest BCUT2D eigenvalue weighted by Crippen LogP contribution is -2.12. The van der Waals surface area contributed by atoms with Crippen molar-refractivity contribution in [3.05, 3.63) is 88.6 Å². The van der Waals surface area contributed by atoms with Gasteiger partial charge in [-0.3, -0.25) is 4.79 Å². The standard InChI is InChI=1S/C21H21ClFNO2.C12H20O.C7H16.C4H10/c1-11(2)19(25)18-10-17-20(26-18)13(21(3,4)5)9-16(24-17)12-6-7-14(22)15(23)8-12;1-6-8-9-11(4)12(13-5)10(3)7-2;1-5-6-7(2,3)4;1-3-4-2/h6-11H,1-5H3;6,8-10H,1,7H2,2-5H3;5-6H2,1-4H3;3-4H2,1-2H3/b;9-8-,12-11+;;. The van der Waals surface area contributed by atoms with Gasteiger partial charge in [-0.1, -0.05) is 152 Å². The molecule has 50 heavy (non-hydrogen) atoms. The second-order valence-corrected chi connectivity index (χ2v) is 15.7. The average molecular weight is 712 g/mol. The summed E-state index contributed by atoms with van der Waals surface area (Å²) in [7, 11) is 1.73. The number of ether oxygens (including phenoxy) is 1. The molecule has 0 saturated heterocycles. The molecule has 0 amide bonds. The number of pyridine rings is 1. The largest absolute Gasteiger partial charge is 0.501 e. The molecule has 0 saturated carbocycles. The second-order valence-electron chi connectivity index (χ2n) is 15.2. The minimum Gasteiger partial charge on any atom is -0.501 e. The summed E-state index contributed by atoms with van der Waals surface area (Å²) < 4.78 is 25.1. The van der Waals surface area contributed by atoms with Gasteiger partial charge in [-0.25, -0.2) is 9.37 Å². The van der Waals surface area contributed by atoms with Crippen LogP contribution in [0, 0.1) is 23.1 Å². The van der Waals surface area contributed by atoms with E-state index in [2.05, 4.69) is 94.6 Å². The van der Waals surface area contributed by atoms with Crippen molar-refractivity contribution in [2.45, 2.75) is 134 Å². The van der Waals surface area contributed by atoms with Crippen LogP contribution in [0.3, 0.4) is 0 Å². The fourth-order valence-electron chi connectivity index (χ4n) is 4.77. The molecular formula is C44H67ClFNO3. The number of Topliss-reactive ketones (excluding diaryl/α,β-unsaturated/α-hetero) is 1. The van der Waals surface area contributed by atoms with Gasteiger partial charge in [0, 0.05) is 29.0 Å². The molecule has 0 bridgehead atoms. The molecule has 2 aromatic heterocycles. The van der Waals surface area contributed by atoms with E-state index >= 15 is 0 Å². The Morgan fingerprint density at radius 2 is 1.60 bits per heavy atom. The van der Waals surface area contributed by atoms with Crippen LogP contribution in [0.5, 0.6) is 0 Å². The van der Waals surface area contributed by atoms with Gasteiger partial charge in [0.25, 0.3) is 0 Å². The maximum Gasteiger partial charge on any atom is 0.200 e. The second kappa shape index (κ2) is 22.6. The third kappa shape index (κ3) is 16.2. The highest BCUT2D eigenvalue weighted by molar-refractivity contribution is 6.30. The van der Waals surface area contributed by atoms with Crippen LogP contribution in [0.2, 0.25) is 5.02 Å². The molecule has 1 unspecified atom stereocenters. The van der Waals surface area contributed by atoms with Crippen LogP contribution in [-0.4, -0.2) is 17.9 Å². The van der Waals surface area contributed by atoms with E-state index < -0.39 is 5.82 Å². The van der Waals surface area contributed by atoms with Crippen molar-refractivity contribution in [3.8, 4) is 11.3 Å². The number of rotatable bonds is 10. The molecule has 6 heteroatoms. The number of nitrogens with zero attached hydrogens (tertiary/aromatic N) is 1. The Hall–Kier alpha value is -3.18. The van der Waals surface area contributed by atoms with Crippen LogP contribution in [-0.2, 0) is 10.2 Å². The molecule has 1 atom stereocenters. The highest BCUT2D eigenvalue weighted by Crippen LogP contribution is 2.35. The predicted molar refractivity (Wildman–Crippen MR) is 216 cm³/mol. The van der Waals surface area contributed by atoms with Crippen LogP contribution in [0.15, 0.2) is 70.9 Å². The van der Waals surface area contributed by atoms with Crippen molar-refractivity contribution >= 4 is 28.5 Å². The third-order valence-corrected chi connectivity index (χ3v) is 8.23. The van der Waals surface area contributed by atoms with E-state index in [9.17, 15) is 9.18 Å². The summed E-state index contributed by atoms with van der Waals surface area (Å²) in [5.74, 6) is 1.12. The minimum atomic E-state index is -0.494. The minimum absolute atomic E-state index is 0.0676. The molecule has 0 spiro atoms. The molecule has 0 aliphatic rings. The summed E-state index contributed by atoms with van der Waals surface area (Å²) in [5, 5.41) is 0.0685. The number of hydrogen-bond acceptors (Lipinski definition) is 4. The van der Waals surface area contributed by atoms with Gasteiger partial charge in [0.05, 0.1) is 17.8 Å². The first kappa shape index (κ1) is 46.8. The maximum absolute atomic E-state index is 13.9. The Morgan fingerprint density at radius 3 is 2.00 bits per heavy atom. The van der Waals surface area contributed by atoms with Crippen molar-refractivity contribution in [2.75, 3.05) is 7.11 Å². The zero-order valence-corrected chi connectivity index (χ0v) is 34.7. The zero-order chi connectivity index (χ0) is 38.8. The summed E-state index contributed by atoms with van der Waals surface area (Å²) in [6.07, 6.45) is 12.1. The summed E-state index contributed by atoms with van der Waals surface area (Å²) >= 11 is 5.79. The first-order valence-electron chi connectivity index (χ1n) is 18.2. The molecule has 0 radical (unpaired) electrons. The number of carbonyl (C=O) groups excluding carboxylic acids is 1. The lowest BCUT2D eigenvalue weighted by Gasteiger charge is -2.20. The van der Waals surface area contributed by atoms with Crippen LogP contribution in [0.1, 0.15) is 145 Å². The fraction of sp³-hybridized carbons (Fsp3) is 0.545. The lowest BCUT2D eigenvalue weighted by atomic mass is 9.86. The molecule has 280 valence electrons. The molecule has 1 aromatic carbocycles. The molecule has 0 aliphatic heterocycles. The van der Waals surface area contributed by atoms with Crippen molar-refractivity contribution in [1.82, 2.24) is 4.98 Å². The number of aromatic nitrogens is 1. The molecule has 0 aliphatic carbocycles. The van der Waals surface area contributed by atoms with Gasteiger partial charge < -0.3 is 9.15 Å². The van der Waals surface area contributed by atoms with Crippen molar-refractivity contribution in [2.24, 2.45) is 17.3 Å². The van der Waals surface area contributed by atoms with E-state index in [-0.39, 0.29) is 22.1 Å². The summed E-state index contributed by atoms with van der Waals surface area (Å²) in [6, 6.07) is 8.16. The number of furan rings is 1. The molecular weight excluding hydrogens is 645 g/mol. The van der Waals surface area contributed by atoms with Crippen molar-refractivity contribution < 1.29 is 18.3 Å². The SMILES string of the molecule is C=C/C=C\C(C)=C(\OC)C(C)CC.CC(C)C(=O)c1cc2nc(-c3ccc(Cl)c(F)c3)cc(C(C)(C)C)c2o1.CCCC.CCCC(C)(C)C. The number of carbonyl (C=O) groups is 1. The van der Waals surface area contributed by atoms with Gasteiger partial charge in [0.1, 0.15) is 17.1 Å². The van der Waals surface area contributed by atoms with E-state index in [1.807, 2.05) is 32.1 Å². The van der Waals surface area contributed by atoms with Gasteiger partial charge in [-0.05, 0) is 54.4 Å². The highest BCUT2D eigenvalue weighted by atomic mass is 35.5. The Balaban J connectivity index is 0.000000831. The van der Waals surface area contributed by atoms with Gasteiger partial charge in [0.15, 0.2) is 11.3 Å². The number of methoxy groups -OCH3 is 1. The topological polar surface area (TPSA) is 52.3 Å². The molecule has 0 N–H and O–H groups in total. The Kier molecular flexibility index (Phi) is 21.2. The summed E-state index contributed by atoms with van der Waals surface area (Å²) in [6.45, 7) is 33.3. The van der Waals surface area contributed by atoms with Gasteiger partial charge in [0.2, 0.25) is 5.78 Å². The van der Waals surface area contributed by atoms with E-state index in [4.69, 9.17) is 20.8 Å². The number of ketones is 1. The number of allylic oxidation sites excluding steroid dienone is 5. The van der Waals surface area contributed by atoms with E-state index in [1.165, 1.54) is 43.4 Å². The number of benzene rings is 1. The van der Waals surface area contributed by atoms with Crippen LogP contribution >= 0.6 is 11.6 Å². The molecule has 3 aromatic rings. The van der Waals surface area contributed by atoms with Crippen molar-refractivity contribution in [1.29, 1.82) is 0 Å². The smallest absolute Gasteiger partial charge is 0.200 e. The first-order valence-corrected chi connectivity index (χ1v) is 18.6. The van der Waals surface area contributed by atoms with Gasteiger partial charge in [-0.2, -0.15) is 0 Å². The number of halogens is 2. The number of unbranched alkanes of at least 4 members (excludes halogenated alkanes) is 1. The Labute approximate surface area is 309 Å². The normalized spacial score (nSPS) is 12.6. The highest BCUT2D eigenvalue weighted by Gasteiger charge is 2.25. The number of hydrogen-bond donors (Lipinski definition) is 0. The Bertz CT molecular complexity index is 1530. The van der Waals surface area contributed by atoms with Gasteiger partial charge >= 0.3 is 0 Å². The van der Waals surface area contributed by atoms with E-state index in [0.29, 0.717) is 39.5 Å². The monoisotopic (exact) mass is 711 g/mol. The zero-order valence-electron chi connectivity index (χ0n) is 33.9. The summed E-state index contributed by atoms with van der Waals surface area (Å²) in [5.41, 5.74) is 4.82. The molecule has 3 rings (SSSR count). The third-order valence-electron chi connectivity index (χ3n) is 7.92. The van der Waals surface area contributed by atoms with E-state index in [0.717, 1.165) is 17.7 Å².